The number of esters is 1. The van der Waals surface area contributed by atoms with Gasteiger partial charge in [-0.05, 0) is 24.0 Å². The molecule has 2 unspecified atom stereocenters. The van der Waals surface area contributed by atoms with Crippen LogP contribution in [0.5, 0.6) is 0 Å². The van der Waals surface area contributed by atoms with E-state index in [1.54, 1.807) is 20.8 Å². The third kappa shape index (κ3) is 11.4. The van der Waals surface area contributed by atoms with Crippen LogP contribution in [0, 0.1) is 5.92 Å². The zero-order valence-electron chi connectivity index (χ0n) is 21.4. The van der Waals surface area contributed by atoms with E-state index in [-0.39, 0.29) is 31.4 Å². The molecule has 0 aliphatic heterocycles. The van der Waals surface area contributed by atoms with E-state index in [2.05, 4.69) is 16.0 Å². The maximum atomic E-state index is 13.1. The number of ether oxygens (including phenoxy) is 2. The molecule has 2 aromatic rings. The first kappa shape index (κ1) is 29.7. The van der Waals surface area contributed by atoms with Gasteiger partial charge in [0.1, 0.15) is 25.2 Å². The lowest BCUT2D eigenvalue weighted by atomic mass is 10.0. The van der Waals surface area contributed by atoms with E-state index in [1.165, 1.54) is 11.8 Å². The van der Waals surface area contributed by atoms with Gasteiger partial charge < -0.3 is 25.4 Å². The monoisotopic (exact) mass is 529 g/mol. The van der Waals surface area contributed by atoms with E-state index >= 15 is 0 Å². The first-order chi connectivity index (χ1) is 17.8. The molecule has 0 aromatic heterocycles. The van der Waals surface area contributed by atoms with Crippen molar-refractivity contribution in [1.29, 1.82) is 0 Å². The average Bonchev–Trinajstić information content (AvgIpc) is 2.89. The summed E-state index contributed by atoms with van der Waals surface area (Å²) >= 11 is 1.47. The summed E-state index contributed by atoms with van der Waals surface area (Å²) in [5.74, 6) is -0.987. The molecule has 0 radical (unpaired) electrons. The number of rotatable bonds is 14. The van der Waals surface area contributed by atoms with Crippen molar-refractivity contribution in [2.24, 2.45) is 5.92 Å². The summed E-state index contributed by atoms with van der Waals surface area (Å²) in [6.07, 6.45) is -0.737. The zero-order valence-corrected chi connectivity index (χ0v) is 22.2. The number of carbonyl (C=O) groups excluding carboxylic acids is 4. The SMILES string of the molecule is CCOC(=O)CNC(=O)C(CSCc1ccccc1)NC(=O)C(NC(=O)OCc1ccccc1)C(C)C. The number of nitrogens with one attached hydrogen (secondary N) is 3. The van der Waals surface area contributed by atoms with Gasteiger partial charge >= 0.3 is 12.1 Å². The third-order valence-corrected chi connectivity index (χ3v) is 6.28. The number of carbonyl (C=O) groups is 4. The molecular formula is C27H35N3O6S. The Hall–Kier alpha value is -3.53. The number of amides is 3. The Kier molecular flexibility index (Phi) is 13.1. The first-order valence-electron chi connectivity index (χ1n) is 12.1. The summed E-state index contributed by atoms with van der Waals surface area (Å²) in [4.78, 5) is 50.0. The van der Waals surface area contributed by atoms with Gasteiger partial charge in [0.15, 0.2) is 0 Å². The Labute approximate surface area is 222 Å². The van der Waals surface area contributed by atoms with Gasteiger partial charge in [0, 0.05) is 11.5 Å². The first-order valence-corrected chi connectivity index (χ1v) is 13.3. The molecule has 0 spiro atoms. The van der Waals surface area contributed by atoms with Gasteiger partial charge in [-0.15, -0.1) is 0 Å². The predicted octanol–water partition coefficient (Wildman–Crippen LogP) is 3.03. The van der Waals surface area contributed by atoms with Crippen LogP contribution in [0.4, 0.5) is 4.79 Å². The second kappa shape index (κ2) is 16.3. The minimum Gasteiger partial charge on any atom is -0.465 e. The van der Waals surface area contributed by atoms with Crippen molar-refractivity contribution < 1.29 is 28.7 Å². The second-order valence-corrected chi connectivity index (χ2v) is 9.54. The van der Waals surface area contributed by atoms with Gasteiger partial charge in [0.2, 0.25) is 11.8 Å². The summed E-state index contributed by atoms with van der Waals surface area (Å²) in [5, 5.41) is 7.83. The standard InChI is InChI=1S/C27H35N3O6S/c1-4-35-23(31)15-28-25(32)22(18-37-17-21-13-9-6-10-14-21)29-26(33)24(19(2)3)30-27(34)36-16-20-11-7-5-8-12-20/h5-14,19,22,24H,4,15-18H2,1-3H3,(H,28,32)(H,29,33)(H,30,34). The molecule has 10 heteroatoms. The molecule has 0 aliphatic carbocycles. The molecule has 0 fully saturated rings. The lowest BCUT2D eigenvalue weighted by molar-refractivity contribution is -0.143. The largest absolute Gasteiger partial charge is 0.465 e. The molecule has 200 valence electrons. The van der Waals surface area contributed by atoms with Crippen LogP contribution in [-0.4, -0.2) is 54.9 Å². The molecule has 0 heterocycles. The molecule has 0 saturated heterocycles. The van der Waals surface area contributed by atoms with Crippen LogP contribution in [0.1, 0.15) is 31.9 Å². The van der Waals surface area contributed by atoms with E-state index in [4.69, 9.17) is 9.47 Å². The van der Waals surface area contributed by atoms with E-state index < -0.39 is 36.0 Å². The van der Waals surface area contributed by atoms with Crippen LogP contribution in [0.25, 0.3) is 0 Å². The molecule has 2 aromatic carbocycles. The van der Waals surface area contributed by atoms with Gasteiger partial charge in [0.25, 0.3) is 0 Å². The second-order valence-electron chi connectivity index (χ2n) is 8.51. The lowest BCUT2D eigenvalue weighted by Gasteiger charge is -2.25. The van der Waals surface area contributed by atoms with Crippen LogP contribution in [-0.2, 0) is 36.2 Å². The highest BCUT2D eigenvalue weighted by molar-refractivity contribution is 7.98. The summed E-state index contributed by atoms with van der Waals surface area (Å²) in [5.41, 5.74) is 1.89. The maximum Gasteiger partial charge on any atom is 0.408 e. The highest BCUT2D eigenvalue weighted by Crippen LogP contribution is 2.14. The molecule has 2 atom stereocenters. The highest BCUT2D eigenvalue weighted by Gasteiger charge is 2.29. The molecule has 0 saturated carbocycles. The van der Waals surface area contributed by atoms with Crippen LogP contribution < -0.4 is 16.0 Å². The predicted molar refractivity (Wildman–Crippen MR) is 143 cm³/mol. The quantitative estimate of drug-likeness (QED) is 0.322. The summed E-state index contributed by atoms with van der Waals surface area (Å²) in [6, 6.07) is 17.1. The Bertz CT molecular complexity index is 1000. The van der Waals surface area contributed by atoms with Crippen molar-refractivity contribution in [1.82, 2.24) is 16.0 Å². The molecule has 0 aliphatic rings. The topological polar surface area (TPSA) is 123 Å². The Morgan fingerprint density at radius 1 is 0.838 bits per heavy atom. The van der Waals surface area contributed by atoms with Gasteiger partial charge in [0.05, 0.1) is 6.61 Å². The molecule has 3 amide bonds. The van der Waals surface area contributed by atoms with Crippen LogP contribution in [0.15, 0.2) is 60.7 Å². The molecule has 37 heavy (non-hydrogen) atoms. The maximum absolute atomic E-state index is 13.1. The highest BCUT2D eigenvalue weighted by atomic mass is 32.2. The van der Waals surface area contributed by atoms with Crippen molar-refractivity contribution in [2.45, 2.75) is 45.2 Å². The van der Waals surface area contributed by atoms with Crippen molar-refractivity contribution in [2.75, 3.05) is 18.9 Å². The number of benzene rings is 2. The van der Waals surface area contributed by atoms with Crippen molar-refractivity contribution >= 4 is 35.6 Å². The summed E-state index contributed by atoms with van der Waals surface area (Å²) < 4.78 is 10.1. The number of hydrogen-bond acceptors (Lipinski definition) is 7. The molecule has 3 N–H and O–H groups in total. The van der Waals surface area contributed by atoms with E-state index in [1.807, 2.05) is 60.7 Å². The van der Waals surface area contributed by atoms with Crippen molar-refractivity contribution in [3.05, 3.63) is 71.8 Å². The Balaban J connectivity index is 2.00. The third-order valence-electron chi connectivity index (χ3n) is 5.18. The Morgan fingerprint density at radius 2 is 1.46 bits per heavy atom. The molecule has 0 bridgehead atoms. The molecule has 2 rings (SSSR count). The minimum atomic E-state index is -0.931. The Morgan fingerprint density at radius 3 is 2.05 bits per heavy atom. The lowest BCUT2D eigenvalue weighted by Crippen LogP contribution is -2.56. The van der Waals surface area contributed by atoms with E-state index in [9.17, 15) is 19.2 Å². The van der Waals surface area contributed by atoms with Crippen molar-refractivity contribution in [3.8, 4) is 0 Å². The normalized spacial score (nSPS) is 12.2. The fourth-order valence-electron chi connectivity index (χ4n) is 3.23. The minimum absolute atomic E-state index is 0.0636. The fourth-order valence-corrected chi connectivity index (χ4v) is 4.25. The average molecular weight is 530 g/mol. The van der Waals surface area contributed by atoms with Crippen LogP contribution >= 0.6 is 11.8 Å². The molecular weight excluding hydrogens is 494 g/mol. The van der Waals surface area contributed by atoms with E-state index in [0.29, 0.717) is 5.75 Å². The summed E-state index contributed by atoms with van der Waals surface area (Å²) in [7, 11) is 0. The van der Waals surface area contributed by atoms with E-state index in [0.717, 1.165) is 11.1 Å². The van der Waals surface area contributed by atoms with Crippen molar-refractivity contribution in [3.63, 3.8) is 0 Å². The smallest absolute Gasteiger partial charge is 0.408 e. The van der Waals surface area contributed by atoms with Crippen LogP contribution in [0.3, 0.4) is 0 Å². The number of alkyl carbamates (subject to hydrolysis) is 1. The number of thioether (sulfide) groups is 1. The number of hydrogen-bond donors (Lipinski definition) is 3. The fraction of sp³-hybridized carbons (Fsp3) is 0.407. The summed E-state index contributed by atoms with van der Waals surface area (Å²) in [6.45, 7) is 5.19. The molecule has 9 nitrogen and oxygen atoms in total. The van der Waals surface area contributed by atoms with Gasteiger partial charge in [-0.1, -0.05) is 74.5 Å². The van der Waals surface area contributed by atoms with Gasteiger partial charge in [-0.25, -0.2) is 4.79 Å². The van der Waals surface area contributed by atoms with Gasteiger partial charge in [-0.2, -0.15) is 11.8 Å². The zero-order chi connectivity index (χ0) is 27.0. The van der Waals surface area contributed by atoms with Gasteiger partial charge in [-0.3, -0.25) is 14.4 Å². The van der Waals surface area contributed by atoms with Crippen LogP contribution in [0.2, 0.25) is 0 Å².